The van der Waals surface area contributed by atoms with Gasteiger partial charge in [0.25, 0.3) is 0 Å². The van der Waals surface area contributed by atoms with E-state index in [1.807, 2.05) is 4.68 Å². The molecule has 1 aromatic rings. The molecule has 0 atom stereocenters. The molecule has 3 nitrogen and oxygen atoms in total. The summed E-state index contributed by atoms with van der Waals surface area (Å²) < 4.78 is 1.90. The lowest BCUT2D eigenvalue weighted by molar-refractivity contribution is 0.273. The van der Waals surface area contributed by atoms with Gasteiger partial charge in [-0.25, -0.2) is 0 Å². The van der Waals surface area contributed by atoms with E-state index in [-0.39, 0.29) is 5.75 Å². The van der Waals surface area contributed by atoms with Crippen molar-refractivity contribution >= 4 is 0 Å². The van der Waals surface area contributed by atoms with Crippen LogP contribution in [-0.2, 0) is 0 Å². The van der Waals surface area contributed by atoms with Crippen molar-refractivity contribution in [2.45, 2.75) is 38.6 Å². The molecule has 3 heteroatoms. The monoisotopic (exact) mass is 180 g/mol. The Morgan fingerprint density at radius 1 is 1.38 bits per heavy atom. The van der Waals surface area contributed by atoms with Gasteiger partial charge in [-0.05, 0) is 31.6 Å². The molecular formula is C10H16N2O. The second-order valence-corrected chi connectivity index (χ2v) is 4.09. The first kappa shape index (κ1) is 8.60. The third-order valence-corrected chi connectivity index (χ3v) is 2.95. The SMILES string of the molecule is CC1CCC(n2cc(O)cn2)CC1. The molecule has 1 saturated carbocycles. The molecule has 0 saturated heterocycles. The fourth-order valence-corrected chi connectivity index (χ4v) is 2.03. The minimum atomic E-state index is 0.277. The zero-order valence-electron chi connectivity index (χ0n) is 7.98. The van der Waals surface area contributed by atoms with Crippen LogP contribution in [0.4, 0.5) is 0 Å². The van der Waals surface area contributed by atoms with Crippen molar-refractivity contribution in [3.63, 3.8) is 0 Å². The van der Waals surface area contributed by atoms with Gasteiger partial charge in [0.1, 0.15) is 0 Å². The Morgan fingerprint density at radius 3 is 2.62 bits per heavy atom. The second kappa shape index (κ2) is 3.40. The zero-order chi connectivity index (χ0) is 9.26. The van der Waals surface area contributed by atoms with E-state index in [4.69, 9.17) is 5.11 Å². The van der Waals surface area contributed by atoms with Crippen molar-refractivity contribution in [3.05, 3.63) is 12.4 Å². The lowest BCUT2D eigenvalue weighted by atomic mass is 9.87. The highest BCUT2D eigenvalue weighted by Gasteiger charge is 2.19. The average Bonchev–Trinajstić information content (AvgIpc) is 2.53. The molecule has 1 heterocycles. The molecule has 1 aliphatic carbocycles. The number of aromatic hydroxyl groups is 1. The molecule has 13 heavy (non-hydrogen) atoms. The van der Waals surface area contributed by atoms with Crippen molar-refractivity contribution in [1.29, 1.82) is 0 Å². The average molecular weight is 180 g/mol. The van der Waals surface area contributed by atoms with Crippen molar-refractivity contribution in [2.75, 3.05) is 0 Å². The van der Waals surface area contributed by atoms with Crippen LogP contribution in [0.25, 0.3) is 0 Å². The molecular weight excluding hydrogens is 164 g/mol. The lowest BCUT2D eigenvalue weighted by Crippen LogP contribution is -2.16. The Kier molecular flexibility index (Phi) is 2.25. The van der Waals surface area contributed by atoms with Crippen LogP contribution in [0.15, 0.2) is 12.4 Å². The molecule has 0 aromatic carbocycles. The maximum absolute atomic E-state index is 9.15. The van der Waals surface area contributed by atoms with E-state index < -0.39 is 0 Å². The first-order valence-electron chi connectivity index (χ1n) is 4.99. The molecule has 0 unspecified atom stereocenters. The summed E-state index contributed by atoms with van der Waals surface area (Å²) in [6.07, 6.45) is 8.19. The van der Waals surface area contributed by atoms with Gasteiger partial charge in [-0.3, -0.25) is 4.68 Å². The van der Waals surface area contributed by atoms with E-state index in [1.165, 1.54) is 31.9 Å². The molecule has 0 aliphatic heterocycles. The Bertz CT molecular complexity index is 274. The Balaban J connectivity index is 2.02. The van der Waals surface area contributed by atoms with Gasteiger partial charge < -0.3 is 5.11 Å². The summed E-state index contributed by atoms with van der Waals surface area (Å²) in [6, 6.07) is 0.511. The molecule has 72 valence electrons. The van der Waals surface area contributed by atoms with E-state index in [0.29, 0.717) is 6.04 Å². The van der Waals surface area contributed by atoms with Crippen molar-refractivity contribution in [3.8, 4) is 5.75 Å². The van der Waals surface area contributed by atoms with Crippen LogP contribution < -0.4 is 0 Å². The lowest BCUT2D eigenvalue weighted by Gasteiger charge is -2.26. The van der Waals surface area contributed by atoms with E-state index in [9.17, 15) is 0 Å². The van der Waals surface area contributed by atoms with Crippen LogP contribution in [0.3, 0.4) is 0 Å². The minimum Gasteiger partial charge on any atom is -0.505 e. The van der Waals surface area contributed by atoms with Crippen molar-refractivity contribution in [1.82, 2.24) is 9.78 Å². The van der Waals surface area contributed by atoms with E-state index in [0.717, 1.165) is 5.92 Å². The Labute approximate surface area is 78.4 Å². The highest BCUT2D eigenvalue weighted by Crippen LogP contribution is 2.31. The maximum atomic E-state index is 9.15. The molecule has 1 N–H and O–H groups in total. The number of hydrogen-bond acceptors (Lipinski definition) is 2. The Hall–Kier alpha value is -0.990. The first-order chi connectivity index (χ1) is 6.25. The summed E-state index contributed by atoms with van der Waals surface area (Å²) in [7, 11) is 0. The van der Waals surface area contributed by atoms with Crippen LogP contribution in [0, 0.1) is 5.92 Å². The first-order valence-corrected chi connectivity index (χ1v) is 4.99. The summed E-state index contributed by atoms with van der Waals surface area (Å²) in [6.45, 7) is 2.30. The molecule has 1 aromatic heterocycles. The molecule has 0 radical (unpaired) electrons. The number of rotatable bonds is 1. The summed E-state index contributed by atoms with van der Waals surface area (Å²) in [5, 5.41) is 13.3. The summed E-state index contributed by atoms with van der Waals surface area (Å²) in [5.74, 6) is 1.14. The third-order valence-electron chi connectivity index (χ3n) is 2.95. The van der Waals surface area contributed by atoms with Gasteiger partial charge in [0.2, 0.25) is 0 Å². The smallest absolute Gasteiger partial charge is 0.153 e. The summed E-state index contributed by atoms with van der Waals surface area (Å²) in [4.78, 5) is 0. The molecule has 2 rings (SSSR count). The van der Waals surface area contributed by atoms with Gasteiger partial charge in [-0.15, -0.1) is 0 Å². The predicted octanol–water partition coefficient (Wildman–Crippen LogP) is 2.34. The third kappa shape index (κ3) is 1.85. The molecule has 0 bridgehead atoms. The standard InChI is InChI=1S/C10H16N2O/c1-8-2-4-9(5-3-8)12-7-10(13)6-11-12/h6-9,13H,2-5H2,1H3. The minimum absolute atomic E-state index is 0.277. The van der Waals surface area contributed by atoms with Crippen LogP contribution in [0.1, 0.15) is 38.6 Å². The van der Waals surface area contributed by atoms with Gasteiger partial charge in [0, 0.05) is 0 Å². The van der Waals surface area contributed by atoms with Gasteiger partial charge in [-0.1, -0.05) is 6.92 Å². The zero-order valence-corrected chi connectivity index (χ0v) is 7.98. The van der Waals surface area contributed by atoms with Gasteiger partial charge >= 0.3 is 0 Å². The summed E-state index contributed by atoms with van der Waals surface area (Å²) in [5.41, 5.74) is 0. The van der Waals surface area contributed by atoms with E-state index in [2.05, 4.69) is 12.0 Å². The normalized spacial score (nSPS) is 29.0. The van der Waals surface area contributed by atoms with Gasteiger partial charge in [0.05, 0.1) is 18.4 Å². The topological polar surface area (TPSA) is 38.0 Å². The van der Waals surface area contributed by atoms with Crippen LogP contribution in [0.5, 0.6) is 5.75 Å². The predicted molar refractivity (Wildman–Crippen MR) is 50.6 cm³/mol. The highest BCUT2D eigenvalue weighted by atomic mass is 16.3. The fraction of sp³-hybridized carbons (Fsp3) is 0.700. The van der Waals surface area contributed by atoms with Crippen LogP contribution >= 0.6 is 0 Å². The number of aromatic nitrogens is 2. The number of hydrogen-bond donors (Lipinski definition) is 1. The maximum Gasteiger partial charge on any atom is 0.153 e. The molecule has 0 spiro atoms. The molecule has 1 fully saturated rings. The second-order valence-electron chi connectivity index (χ2n) is 4.09. The fourth-order valence-electron chi connectivity index (χ4n) is 2.03. The molecule has 0 amide bonds. The van der Waals surface area contributed by atoms with Crippen LogP contribution in [-0.4, -0.2) is 14.9 Å². The van der Waals surface area contributed by atoms with E-state index >= 15 is 0 Å². The largest absolute Gasteiger partial charge is 0.505 e. The Morgan fingerprint density at radius 2 is 2.08 bits per heavy atom. The van der Waals surface area contributed by atoms with Crippen molar-refractivity contribution < 1.29 is 5.11 Å². The quantitative estimate of drug-likeness (QED) is 0.720. The van der Waals surface area contributed by atoms with Crippen molar-refractivity contribution in [2.24, 2.45) is 5.92 Å². The summed E-state index contributed by atoms with van der Waals surface area (Å²) >= 11 is 0. The van der Waals surface area contributed by atoms with Gasteiger partial charge in [0.15, 0.2) is 5.75 Å². The van der Waals surface area contributed by atoms with E-state index in [1.54, 1.807) is 6.20 Å². The highest BCUT2D eigenvalue weighted by molar-refractivity contribution is 5.09. The van der Waals surface area contributed by atoms with Crippen LogP contribution in [0.2, 0.25) is 0 Å². The number of nitrogens with zero attached hydrogens (tertiary/aromatic N) is 2. The van der Waals surface area contributed by atoms with Gasteiger partial charge in [-0.2, -0.15) is 5.10 Å². The molecule has 1 aliphatic rings.